The third-order valence-corrected chi connectivity index (χ3v) is 1.44. The number of nitrogens with two attached hydrogens (primary N) is 1. The Hall–Kier alpha value is 0.360. The van der Waals surface area contributed by atoms with Crippen LogP contribution in [0.3, 0.4) is 0 Å². The minimum Gasteiger partial charge on any atom is -0.377 e. The van der Waals surface area contributed by atoms with Crippen LogP contribution in [-0.4, -0.2) is 37.9 Å². The molecule has 0 radical (unpaired) electrons. The fourth-order valence-corrected chi connectivity index (χ4v) is 0.706. The summed E-state index contributed by atoms with van der Waals surface area (Å²) in [6.07, 6.45) is 0.115. The second-order valence-electron chi connectivity index (χ2n) is 2.12. The summed E-state index contributed by atoms with van der Waals surface area (Å²) in [7, 11) is 2.01. The van der Waals surface area contributed by atoms with Crippen molar-refractivity contribution in [3.8, 4) is 0 Å². The molecule has 1 saturated heterocycles. The topological polar surface area (TPSA) is 38.5 Å². The molecule has 2 N–H and O–H groups in total. The van der Waals surface area contributed by atoms with Crippen LogP contribution in [0.15, 0.2) is 0 Å². The Kier molecular flexibility index (Phi) is 4.39. The van der Waals surface area contributed by atoms with E-state index in [9.17, 15) is 0 Å². The van der Waals surface area contributed by atoms with Crippen molar-refractivity contribution in [2.75, 3.05) is 26.8 Å². The van der Waals surface area contributed by atoms with Gasteiger partial charge in [-0.1, -0.05) is 0 Å². The van der Waals surface area contributed by atoms with Crippen molar-refractivity contribution >= 4 is 17.0 Å². The fraction of sp³-hybridized carbons (Fsp3) is 1.00. The van der Waals surface area contributed by atoms with E-state index in [4.69, 9.17) is 10.5 Å². The maximum absolute atomic E-state index is 5.58. The van der Waals surface area contributed by atoms with Crippen LogP contribution in [0.1, 0.15) is 0 Å². The van der Waals surface area contributed by atoms with Crippen molar-refractivity contribution in [2.45, 2.75) is 6.17 Å². The monoisotopic (exact) mass is 196 g/mol. The number of morpholine rings is 1. The van der Waals surface area contributed by atoms with Gasteiger partial charge in [-0.2, -0.15) is 0 Å². The van der Waals surface area contributed by atoms with E-state index in [1.165, 1.54) is 0 Å². The highest BCUT2D eigenvalue weighted by Crippen LogP contribution is 1.95. The number of rotatable bonds is 0. The molecule has 0 aromatic heterocycles. The van der Waals surface area contributed by atoms with Gasteiger partial charge in [0.25, 0.3) is 0 Å². The van der Waals surface area contributed by atoms with Crippen LogP contribution < -0.4 is 5.73 Å². The maximum Gasteiger partial charge on any atom is 0.0811 e. The lowest BCUT2D eigenvalue weighted by Crippen LogP contribution is -2.48. The molecule has 0 aromatic carbocycles. The van der Waals surface area contributed by atoms with E-state index in [0.29, 0.717) is 6.61 Å². The average Bonchev–Trinajstić information content (AvgIpc) is 1.77. The van der Waals surface area contributed by atoms with Crippen molar-refractivity contribution in [3.05, 3.63) is 0 Å². The molecule has 1 fully saturated rings. The van der Waals surface area contributed by atoms with Crippen LogP contribution in [-0.2, 0) is 4.74 Å². The molecule has 9 heavy (non-hydrogen) atoms. The highest BCUT2D eigenvalue weighted by Gasteiger charge is 2.13. The van der Waals surface area contributed by atoms with Gasteiger partial charge in [0.05, 0.1) is 19.4 Å². The zero-order valence-corrected chi connectivity index (χ0v) is 7.25. The molecule has 1 rings (SSSR count). The first-order chi connectivity index (χ1) is 3.80. The van der Waals surface area contributed by atoms with Gasteiger partial charge in [-0.15, -0.1) is 17.0 Å². The summed E-state index contributed by atoms with van der Waals surface area (Å²) in [5.74, 6) is 0. The normalized spacial score (nSPS) is 29.3. The minimum atomic E-state index is 0. The van der Waals surface area contributed by atoms with Crippen LogP contribution in [0.4, 0.5) is 0 Å². The molecule has 4 heteroatoms. The molecule has 0 bridgehead atoms. The van der Waals surface area contributed by atoms with Crippen molar-refractivity contribution in [2.24, 2.45) is 5.73 Å². The number of hydrogen-bond acceptors (Lipinski definition) is 3. The summed E-state index contributed by atoms with van der Waals surface area (Å²) in [4.78, 5) is 2.09. The first-order valence-electron chi connectivity index (χ1n) is 2.84. The largest absolute Gasteiger partial charge is 0.377 e. The molecule has 0 amide bonds. The fourth-order valence-electron chi connectivity index (χ4n) is 0.706. The van der Waals surface area contributed by atoms with Crippen molar-refractivity contribution in [1.82, 2.24) is 4.90 Å². The second-order valence-corrected chi connectivity index (χ2v) is 2.12. The molecule has 1 heterocycles. The Morgan fingerprint density at radius 2 is 2.33 bits per heavy atom. The Morgan fingerprint density at radius 3 is 2.67 bits per heavy atom. The van der Waals surface area contributed by atoms with Gasteiger partial charge in [0, 0.05) is 6.54 Å². The molecule has 1 aliphatic rings. The van der Waals surface area contributed by atoms with Crippen LogP contribution in [0.2, 0.25) is 0 Å². The van der Waals surface area contributed by atoms with E-state index in [-0.39, 0.29) is 23.1 Å². The van der Waals surface area contributed by atoms with Crippen molar-refractivity contribution < 1.29 is 4.74 Å². The lowest BCUT2D eigenvalue weighted by molar-refractivity contribution is 0.00846. The molecule has 56 valence electrons. The molecule has 3 nitrogen and oxygen atoms in total. The highest BCUT2D eigenvalue weighted by atomic mass is 79.9. The number of hydrogen-bond donors (Lipinski definition) is 1. The van der Waals surface area contributed by atoms with E-state index in [0.717, 1.165) is 13.2 Å². The standard InChI is InChI=1S/C5H12N2O.BrH/c1-7-2-3-8-4-5(7)6;/h5H,2-4,6H2,1H3;1H. The number of likely N-dealkylation sites (N-methyl/N-ethyl adjacent to an activating group) is 1. The Bertz CT molecular complexity index is 71.4. The van der Waals surface area contributed by atoms with E-state index in [2.05, 4.69) is 4.90 Å². The van der Waals surface area contributed by atoms with E-state index < -0.39 is 0 Å². The van der Waals surface area contributed by atoms with Crippen LogP contribution in [0.25, 0.3) is 0 Å². The first-order valence-corrected chi connectivity index (χ1v) is 2.84. The van der Waals surface area contributed by atoms with Gasteiger partial charge in [0.1, 0.15) is 0 Å². The Balaban J connectivity index is 0.000000640. The average molecular weight is 197 g/mol. The van der Waals surface area contributed by atoms with Crippen LogP contribution in [0, 0.1) is 0 Å². The van der Waals surface area contributed by atoms with Gasteiger partial charge in [0.2, 0.25) is 0 Å². The van der Waals surface area contributed by atoms with E-state index in [1.54, 1.807) is 0 Å². The smallest absolute Gasteiger partial charge is 0.0811 e. The van der Waals surface area contributed by atoms with E-state index in [1.807, 2.05) is 7.05 Å². The van der Waals surface area contributed by atoms with Crippen molar-refractivity contribution in [1.29, 1.82) is 0 Å². The Morgan fingerprint density at radius 1 is 1.67 bits per heavy atom. The maximum atomic E-state index is 5.58. The molecule has 1 atom stereocenters. The zero-order valence-electron chi connectivity index (χ0n) is 5.54. The van der Waals surface area contributed by atoms with Gasteiger partial charge < -0.3 is 10.5 Å². The highest BCUT2D eigenvalue weighted by molar-refractivity contribution is 8.93. The molecular weight excluding hydrogens is 184 g/mol. The molecule has 0 aromatic rings. The number of ether oxygens (including phenoxy) is 1. The lowest BCUT2D eigenvalue weighted by Gasteiger charge is -2.28. The third-order valence-electron chi connectivity index (χ3n) is 1.44. The number of nitrogens with zero attached hydrogens (tertiary/aromatic N) is 1. The summed E-state index contributed by atoms with van der Waals surface area (Å²) in [6, 6.07) is 0. The molecule has 0 aliphatic carbocycles. The Labute approximate surface area is 65.9 Å². The second kappa shape index (κ2) is 4.22. The summed E-state index contributed by atoms with van der Waals surface area (Å²) < 4.78 is 5.09. The predicted octanol–water partition coefficient (Wildman–Crippen LogP) is -0.189. The SMILES string of the molecule is Br.CN1CCOCC1N. The molecular formula is C5H13BrN2O. The number of halogens is 1. The van der Waals surface area contributed by atoms with Gasteiger partial charge in [-0.05, 0) is 7.05 Å². The summed E-state index contributed by atoms with van der Waals surface area (Å²) in [5, 5.41) is 0. The molecule has 0 spiro atoms. The molecule has 1 aliphatic heterocycles. The third kappa shape index (κ3) is 2.62. The lowest BCUT2D eigenvalue weighted by atomic mass is 10.4. The van der Waals surface area contributed by atoms with Crippen LogP contribution >= 0.6 is 17.0 Å². The van der Waals surface area contributed by atoms with E-state index >= 15 is 0 Å². The zero-order chi connectivity index (χ0) is 5.98. The predicted molar refractivity (Wildman–Crippen MR) is 41.7 cm³/mol. The van der Waals surface area contributed by atoms with Crippen molar-refractivity contribution in [3.63, 3.8) is 0 Å². The van der Waals surface area contributed by atoms with Gasteiger partial charge in [-0.3, -0.25) is 4.90 Å². The van der Waals surface area contributed by atoms with Gasteiger partial charge >= 0.3 is 0 Å². The summed E-state index contributed by atoms with van der Waals surface area (Å²) >= 11 is 0. The summed E-state index contributed by atoms with van der Waals surface area (Å²) in [5.41, 5.74) is 5.58. The van der Waals surface area contributed by atoms with Crippen LogP contribution in [0.5, 0.6) is 0 Å². The quantitative estimate of drug-likeness (QED) is 0.585. The molecule has 1 unspecified atom stereocenters. The van der Waals surface area contributed by atoms with Gasteiger partial charge in [-0.25, -0.2) is 0 Å². The minimum absolute atomic E-state index is 0. The van der Waals surface area contributed by atoms with Gasteiger partial charge in [0.15, 0.2) is 0 Å². The summed E-state index contributed by atoms with van der Waals surface area (Å²) in [6.45, 7) is 2.46. The molecule has 0 saturated carbocycles. The first kappa shape index (κ1) is 9.36.